The van der Waals surface area contributed by atoms with Crippen molar-refractivity contribution in [2.75, 3.05) is 11.4 Å². The van der Waals surface area contributed by atoms with Crippen LogP contribution in [-0.2, 0) is 11.2 Å². The zero-order valence-corrected chi connectivity index (χ0v) is 9.10. The van der Waals surface area contributed by atoms with Crippen LogP contribution in [0, 0.1) is 0 Å². The minimum atomic E-state index is -0.901. The van der Waals surface area contributed by atoms with Gasteiger partial charge in [-0.3, -0.25) is 0 Å². The zero-order chi connectivity index (χ0) is 11.4. The third kappa shape index (κ3) is 2.42. The van der Waals surface area contributed by atoms with Crippen molar-refractivity contribution in [2.24, 2.45) is 0 Å². The van der Waals surface area contributed by atoms with Gasteiger partial charge in [-0.1, -0.05) is 18.2 Å². The van der Waals surface area contributed by atoms with Gasteiger partial charge in [-0.15, -0.1) is 0 Å². The molecule has 0 radical (unpaired) electrons. The Kier molecular flexibility index (Phi) is 3.25. The molecule has 0 spiro atoms. The topological polar surface area (TPSA) is 40.5 Å². The van der Waals surface area contributed by atoms with Crippen LogP contribution in [0.4, 0.5) is 5.69 Å². The largest absolute Gasteiger partial charge is 0.478 e. The first-order chi connectivity index (χ1) is 7.77. The second-order valence-electron chi connectivity index (χ2n) is 3.93. The maximum atomic E-state index is 10.5. The van der Waals surface area contributed by atoms with Gasteiger partial charge in [0.1, 0.15) is 0 Å². The van der Waals surface area contributed by atoms with Crippen molar-refractivity contribution >= 4 is 11.7 Å². The van der Waals surface area contributed by atoms with Gasteiger partial charge in [-0.05, 0) is 30.9 Å². The Bertz CT molecular complexity index is 412. The van der Waals surface area contributed by atoms with Crippen LogP contribution >= 0.6 is 0 Å². The molecule has 84 valence electrons. The molecule has 1 N–H and O–H groups in total. The van der Waals surface area contributed by atoms with Crippen LogP contribution in [0.25, 0.3) is 0 Å². The number of carboxylic acid groups (broad SMARTS) is 1. The van der Waals surface area contributed by atoms with Crippen molar-refractivity contribution in [3.63, 3.8) is 0 Å². The number of aliphatic carboxylic acids is 1. The predicted molar refractivity (Wildman–Crippen MR) is 63.5 cm³/mol. The van der Waals surface area contributed by atoms with Crippen LogP contribution in [0.5, 0.6) is 0 Å². The van der Waals surface area contributed by atoms with Gasteiger partial charge in [0.25, 0.3) is 0 Å². The molecule has 1 aromatic carbocycles. The third-order valence-electron chi connectivity index (χ3n) is 2.79. The molecule has 0 bridgehead atoms. The molecule has 0 aromatic heterocycles. The number of fused-ring (bicyclic) bond motifs is 1. The molecule has 0 atom stereocenters. The van der Waals surface area contributed by atoms with Crippen molar-refractivity contribution in [2.45, 2.75) is 19.3 Å². The minimum Gasteiger partial charge on any atom is -0.478 e. The fourth-order valence-electron chi connectivity index (χ4n) is 2.03. The maximum Gasteiger partial charge on any atom is 0.329 e. The van der Waals surface area contributed by atoms with Gasteiger partial charge in [-0.25, -0.2) is 4.79 Å². The second kappa shape index (κ2) is 4.84. The Morgan fingerprint density at radius 3 is 2.94 bits per heavy atom. The van der Waals surface area contributed by atoms with Crippen molar-refractivity contribution in [1.29, 1.82) is 0 Å². The number of rotatable bonds is 2. The summed E-state index contributed by atoms with van der Waals surface area (Å²) in [4.78, 5) is 12.6. The summed E-state index contributed by atoms with van der Waals surface area (Å²) in [7, 11) is 0. The first-order valence-corrected chi connectivity index (χ1v) is 5.53. The summed E-state index contributed by atoms with van der Waals surface area (Å²) < 4.78 is 0. The zero-order valence-electron chi connectivity index (χ0n) is 9.10. The van der Waals surface area contributed by atoms with Crippen LogP contribution in [0.3, 0.4) is 0 Å². The number of nitrogens with zero attached hydrogens (tertiary/aromatic N) is 1. The Labute approximate surface area is 95.0 Å². The third-order valence-corrected chi connectivity index (χ3v) is 2.79. The quantitative estimate of drug-likeness (QED) is 0.773. The van der Waals surface area contributed by atoms with Crippen molar-refractivity contribution in [1.82, 2.24) is 0 Å². The summed E-state index contributed by atoms with van der Waals surface area (Å²) in [5.74, 6) is -0.901. The highest BCUT2D eigenvalue weighted by atomic mass is 16.4. The molecule has 16 heavy (non-hydrogen) atoms. The molecule has 1 aliphatic rings. The van der Waals surface area contributed by atoms with Gasteiger partial charge in [-0.2, -0.15) is 0 Å². The molecule has 0 fully saturated rings. The van der Waals surface area contributed by atoms with Gasteiger partial charge < -0.3 is 10.0 Å². The molecule has 0 saturated heterocycles. The number of hydrogen-bond acceptors (Lipinski definition) is 2. The van der Waals surface area contributed by atoms with Gasteiger partial charge in [0, 0.05) is 24.5 Å². The number of carbonyl (C=O) groups is 1. The molecular formula is C13H15NO2. The van der Waals surface area contributed by atoms with Crippen LogP contribution in [0.2, 0.25) is 0 Å². The molecule has 0 aliphatic carbocycles. The van der Waals surface area contributed by atoms with Gasteiger partial charge in [0.2, 0.25) is 0 Å². The van der Waals surface area contributed by atoms with Crippen molar-refractivity contribution < 1.29 is 9.90 Å². The summed E-state index contributed by atoms with van der Waals surface area (Å²) in [6, 6.07) is 8.18. The molecule has 3 nitrogen and oxygen atoms in total. The lowest BCUT2D eigenvalue weighted by molar-refractivity contribution is -0.131. The summed E-state index contributed by atoms with van der Waals surface area (Å²) in [5, 5.41) is 8.65. The molecule has 1 heterocycles. The Morgan fingerprint density at radius 1 is 1.31 bits per heavy atom. The summed E-state index contributed by atoms with van der Waals surface area (Å²) in [5.41, 5.74) is 2.44. The van der Waals surface area contributed by atoms with E-state index in [9.17, 15) is 4.79 Å². The highest BCUT2D eigenvalue weighted by molar-refractivity contribution is 5.80. The van der Waals surface area contributed by atoms with Crippen LogP contribution in [0.1, 0.15) is 18.4 Å². The van der Waals surface area contributed by atoms with Crippen LogP contribution in [0.15, 0.2) is 36.5 Å². The van der Waals surface area contributed by atoms with Gasteiger partial charge in [0.05, 0.1) is 0 Å². The van der Waals surface area contributed by atoms with Gasteiger partial charge in [0.15, 0.2) is 0 Å². The fraction of sp³-hybridized carbons (Fsp3) is 0.308. The number of para-hydroxylation sites is 1. The normalized spacial score (nSPS) is 15.9. The molecular weight excluding hydrogens is 202 g/mol. The predicted octanol–water partition coefficient (Wildman–Crippen LogP) is 2.43. The molecule has 2 rings (SSSR count). The van der Waals surface area contributed by atoms with E-state index in [-0.39, 0.29) is 0 Å². The molecule has 0 saturated carbocycles. The number of carboxylic acids is 1. The number of hydrogen-bond donors (Lipinski definition) is 1. The van der Waals surface area contributed by atoms with E-state index in [0.717, 1.165) is 31.5 Å². The highest BCUT2D eigenvalue weighted by Crippen LogP contribution is 2.26. The van der Waals surface area contributed by atoms with E-state index in [1.165, 1.54) is 11.6 Å². The fourth-order valence-corrected chi connectivity index (χ4v) is 2.03. The average molecular weight is 217 g/mol. The van der Waals surface area contributed by atoms with E-state index in [1.807, 2.05) is 23.1 Å². The van der Waals surface area contributed by atoms with E-state index in [0.29, 0.717) is 0 Å². The number of anilines is 1. The lowest BCUT2D eigenvalue weighted by Gasteiger charge is -2.20. The highest BCUT2D eigenvalue weighted by Gasteiger charge is 2.12. The lowest BCUT2D eigenvalue weighted by atomic mass is 10.1. The Hall–Kier alpha value is -1.77. The molecule has 0 amide bonds. The monoisotopic (exact) mass is 217 g/mol. The Balaban J connectivity index is 2.29. The molecule has 0 unspecified atom stereocenters. The SMILES string of the molecule is O=C(O)C=CN1CCCCc2ccccc21. The second-order valence-corrected chi connectivity index (χ2v) is 3.93. The number of aryl methyl sites for hydroxylation is 1. The molecule has 1 aliphatic heterocycles. The Morgan fingerprint density at radius 2 is 2.12 bits per heavy atom. The summed E-state index contributed by atoms with van der Waals surface area (Å²) in [6.07, 6.45) is 6.19. The summed E-state index contributed by atoms with van der Waals surface area (Å²) >= 11 is 0. The van der Waals surface area contributed by atoms with Crippen molar-refractivity contribution in [3.8, 4) is 0 Å². The first-order valence-electron chi connectivity index (χ1n) is 5.53. The first kappa shape index (κ1) is 10.7. The number of benzene rings is 1. The smallest absolute Gasteiger partial charge is 0.329 e. The van der Waals surface area contributed by atoms with Gasteiger partial charge >= 0.3 is 5.97 Å². The maximum absolute atomic E-state index is 10.5. The minimum absolute atomic E-state index is 0.890. The standard InChI is InChI=1S/C13H15NO2/c15-13(16)8-10-14-9-4-3-6-11-5-1-2-7-12(11)14/h1-2,5,7-8,10H,3-4,6,9H2,(H,15,16). The molecule has 3 heteroatoms. The van der Waals surface area contributed by atoms with Crippen LogP contribution in [-0.4, -0.2) is 17.6 Å². The van der Waals surface area contributed by atoms with E-state index >= 15 is 0 Å². The summed E-state index contributed by atoms with van der Waals surface area (Å²) in [6.45, 7) is 0.890. The van der Waals surface area contributed by atoms with Crippen LogP contribution < -0.4 is 4.90 Å². The van der Waals surface area contributed by atoms with E-state index in [1.54, 1.807) is 6.20 Å². The van der Waals surface area contributed by atoms with E-state index in [4.69, 9.17) is 5.11 Å². The van der Waals surface area contributed by atoms with Crippen molar-refractivity contribution in [3.05, 3.63) is 42.1 Å². The van der Waals surface area contributed by atoms with E-state index in [2.05, 4.69) is 6.07 Å². The molecule has 1 aromatic rings. The average Bonchev–Trinajstić information content (AvgIpc) is 2.48. The lowest BCUT2D eigenvalue weighted by Crippen LogP contribution is -2.17. The van der Waals surface area contributed by atoms with E-state index < -0.39 is 5.97 Å².